The molecule has 4 nitrogen and oxygen atoms in total. The van der Waals surface area contributed by atoms with Crippen molar-refractivity contribution in [2.75, 3.05) is 0 Å². The van der Waals surface area contributed by atoms with Crippen LogP contribution < -0.4 is 11.1 Å². The van der Waals surface area contributed by atoms with E-state index < -0.39 is 0 Å². The van der Waals surface area contributed by atoms with Gasteiger partial charge in [0.25, 0.3) is 11.1 Å². The molecule has 0 unspecified atom stereocenters. The van der Waals surface area contributed by atoms with E-state index in [1.165, 1.54) is 11.1 Å². The molecule has 0 radical (unpaired) electrons. The molecule has 0 saturated carbocycles. The molecule has 2 heterocycles. The van der Waals surface area contributed by atoms with Crippen LogP contribution in [0.4, 0.5) is 0 Å². The summed E-state index contributed by atoms with van der Waals surface area (Å²) in [6.07, 6.45) is 0. The van der Waals surface area contributed by atoms with Gasteiger partial charge in [0, 0.05) is 11.4 Å². The third-order valence-corrected chi connectivity index (χ3v) is 5.98. The maximum absolute atomic E-state index is 12.9. The van der Waals surface area contributed by atoms with Gasteiger partial charge in [-0.2, -0.15) is 0 Å². The normalized spacial score (nSPS) is 12.3. The van der Waals surface area contributed by atoms with Gasteiger partial charge < -0.3 is 9.97 Å². The van der Waals surface area contributed by atoms with Crippen molar-refractivity contribution in [2.24, 2.45) is 0 Å². The number of aromatic nitrogens is 2. The van der Waals surface area contributed by atoms with Crippen LogP contribution in [0.3, 0.4) is 0 Å². The number of pyridine rings is 2. The van der Waals surface area contributed by atoms with E-state index >= 15 is 0 Å². The first-order valence-electron chi connectivity index (χ1n) is 11.0. The topological polar surface area (TPSA) is 65.7 Å². The zero-order valence-corrected chi connectivity index (χ0v) is 19.6. The number of aromatic amines is 2. The minimum atomic E-state index is -0.268. The van der Waals surface area contributed by atoms with Crippen molar-refractivity contribution in [1.29, 1.82) is 0 Å². The number of nitrogens with one attached hydrogen (secondary N) is 2. The van der Waals surface area contributed by atoms with Gasteiger partial charge in [0.05, 0.1) is 10.8 Å². The van der Waals surface area contributed by atoms with E-state index in [1.54, 1.807) is 12.1 Å². The molecular weight excluding hydrogens is 396 g/mol. The van der Waals surface area contributed by atoms with Crippen LogP contribution in [0.5, 0.6) is 0 Å². The minimum Gasteiger partial charge on any atom is -0.321 e. The van der Waals surface area contributed by atoms with E-state index in [1.807, 2.05) is 24.3 Å². The number of hydrogen-bond acceptors (Lipinski definition) is 2. The molecule has 0 aliphatic rings. The largest absolute Gasteiger partial charge is 0.321 e. The van der Waals surface area contributed by atoms with Gasteiger partial charge in [-0.1, -0.05) is 90.1 Å². The van der Waals surface area contributed by atoms with Gasteiger partial charge in [-0.3, -0.25) is 9.59 Å². The summed E-state index contributed by atoms with van der Waals surface area (Å²) in [5.41, 5.74) is 5.01. The van der Waals surface area contributed by atoms with Crippen LogP contribution in [-0.2, 0) is 10.8 Å². The molecule has 0 fully saturated rings. The van der Waals surface area contributed by atoms with Crippen LogP contribution in [0.1, 0.15) is 52.7 Å². The number of hydrogen-bond donors (Lipinski definition) is 2. The molecule has 0 saturated heterocycles. The fourth-order valence-electron chi connectivity index (χ4n) is 3.88. The molecular formula is C28H30N2O2. The van der Waals surface area contributed by atoms with Gasteiger partial charge >= 0.3 is 0 Å². The zero-order valence-electron chi connectivity index (χ0n) is 19.6. The Bertz CT molecular complexity index is 1280. The first-order valence-corrected chi connectivity index (χ1v) is 11.0. The standard InChI is InChI=1S/C28H30N2O2/c1-27(2,3)19-11-7-17(8-12-19)23-15-21-22(25(31)29-23)16-24(30-26(21)32)18-9-13-20(14-10-18)28(4,5)6/h7-16H,1-6H3,(H,29,31)(H,30,32). The summed E-state index contributed by atoms with van der Waals surface area (Å²) in [5, 5.41) is 0.775. The van der Waals surface area contributed by atoms with Gasteiger partial charge in [-0.25, -0.2) is 0 Å². The number of H-pyrrole nitrogens is 2. The van der Waals surface area contributed by atoms with Crippen molar-refractivity contribution in [3.63, 3.8) is 0 Å². The Morgan fingerprint density at radius 2 is 0.844 bits per heavy atom. The average molecular weight is 427 g/mol. The molecule has 0 spiro atoms. The van der Waals surface area contributed by atoms with E-state index in [-0.39, 0.29) is 21.9 Å². The van der Waals surface area contributed by atoms with E-state index in [0.717, 1.165) is 11.1 Å². The summed E-state index contributed by atoms with van der Waals surface area (Å²) in [4.78, 5) is 31.7. The lowest BCUT2D eigenvalue weighted by Gasteiger charge is -2.19. The Balaban J connectivity index is 1.78. The number of rotatable bonds is 2. The second-order valence-corrected chi connectivity index (χ2v) is 10.5. The van der Waals surface area contributed by atoms with E-state index in [9.17, 15) is 9.59 Å². The number of benzene rings is 2. The Morgan fingerprint density at radius 1 is 0.531 bits per heavy atom. The first kappa shape index (κ1) is 21.8. The van der Waals surface area contributed by atoms with Crippen LogP contribution in [0.2, 0.25) is 0 Å². The lowest BCUT2D eigenvalue weighted by molar-refractivity contribution is 0.590. The monoisotopic (exact) mass is 426 g/mol. The van der Waals surface area contributed by atoms with Crippen LogP contribution in [-0.4, -0.2) is 9.97 Å². The van der Waals surface area contributed by atoms with Crippen molar-refractivity contribution in [1.82, 2.24) is 9.97 Å². The lowest BCUT2D eigenvalue weighted by Crippen LogP contribution is -2.16. The highest BCUT2D eigenvalue weighted by Gasteiger charge is 2.16. The molecule has 4 heteroatoms. The third kappa shape index (κ3) is 4.18. The van der Waals surface area contributed by atoms with Crippen molar-refractivity contribution < 1.29 is 0 Å². The minimum absolute atomic E-state index is 0.0496. The van der Waals surface area contributed by atoms with Gasteiger partial charge in [0.1, 0.15) is 0 Å². The van der Waals surface area contributed by atoms with E-state index in [0.29, 0.717) is 22.2 Å². The lowest BCUT2D eigenvalue weighted by atomic mass is 9.86. The Morgan fingerprint density at radius 3 is 1.12 bits per heavy atom. The van der Waals surface area contributed by atoms with Crippen molar-refractivity contribution in [3.8, 4) is 22.5 Å². The maximum Gasteiger partial charge on any atom is 0.256 e. The summed E-state index contributed by atoms with van der Waals surface area (Å²) >= 11 is 0. The molecule has 0 bridgehead atoms. The summed E-state index contributed by atoms with van der Waals surface area (Å²) < 4.78 is 0. The molecule has 4 aromatic rings. The van der Waals surface area contributed by atoms with Crippen LogP contribution >= 0.6 is 0 Å². The molecule has 2 aromatic carbocycles. The van der Waals surface area contributed by atoms with E-state index in [4.69, 9.17) is 0 Å². The molecule has 32 heavy (non-hydrogen) atoms. The summed E-state index contributed by atoms with van der Waals surface area (Å²) in [7, 11) is 0. The fourth-order valence-corrected chi connectivity index (χ4v) is 3.88. The van der Waals surface area contributed by atoms with Crippen molar-refractivity contribution >= 4 is 10.8 Å². The molecule has 0 amide bonds. The van der Waals surface area contributed by atoms with Gasteiger partial charge in [-0.15, -0.1) is 0 Å². The van der Waals surface area contributed by atoms with Crippen LogP contribution in [0.15, 0.2) is 70.3 Å². The summed E-state index contributed by atoms with van der Waals surface area (Å²) in [6, 6.07) is 19.7. The highest BCUT2D eigenvalue weighted by atomic mass is 16.1. The molecule has 164 valence electrons. The highest BCUT2D eigenvalue weighted by molar-refractivity contribution is 5.87. The van der Waals surface area contributed by atoms with Crippen molar-refractivity contribution in [3.05, 3.63) is 92.5 Å². The predicted octanol–water partition coefficient (Wildman–Crippen LogP) is 6.15. The summed E-state index contributed by atoms with van der Waals surface area (Å²) in [6.45, 7) is 13.0. The molecule has 2 aromatic heterocycles. The SMILES string of the molecule is CC(C)(C)c1ccc(-c2cc3c(=O)[nH]c(-c4ccc(C(C)(C)C)cc4)cc3c(=O)[nH]2)cc1. The van der Waals surface area contributed by atoms with Gasteiger partial charge in [-0.05, 0) is 45.2 Å². The smallest absolute Gasteiger partial charge is 0.256 e. The first-order chi connectivity index (χ1) is 14.9. The summed E-state index contributed by atoms with van der Waals surface area (Å²) in [5.74, 6) is 0. The average Bonchev–Trinajstić information content (AvgIpc) is 2.73. The predicted molar refractivity (Wildman–Crippen MR) is 133 cm³/mol. The van der Waals surface area contributed by atoms with E-state index in [2.05, 4.69) is 75.8 Å². The second kappa shape index (κ2) is 7.63. The molecule has 4 rings (SSSR count). The van der Waals surface area contributed by atoms with Crippen LogP contribution in [0.25, 0.3) is 33.3 Å². The molecule has 0 atom stereocenters. The second-order valence-electron chi connectivity index (χ2n) is 10.5. The quantitative estimate of drug-likeness (QED) is 0.404. The molecule has 0 aliphatic carbocycles. The van der Waals surface area contributed by atoms with Crippen LogP contribution in [0, 0.1) is 0 Å². The Hall–Kier alpha value is -3.40. The maximum atomic E-state index is 12.9. The molecule has 2 N–H and O–H groups in total. The number of fused-ring (bicyclic) bond motifs is 1. The Kier molecular flexibility index (Phi) is 5.20. The molecule has 0 aliphatic heterocycles. The van der Waals surface area contributed by atoms with Gasteiger partial charge in [0.15, 0.2) is 0 Å². The Labute approximate surface area is 188 Å². The fraction of sp³-hybridized carbons (Fsp3) is 0.286. The zero-order chi connectivity index (χ0) is 23.3. The third-order valence-electron chi connectivity index (χ3n) is 5.98. The van der Waals surface area contributed by atoms with Gasteiger partial charge in [0.2, 0.25) is 0 Å². The van der Waals surface area contributed by atoms with Crippen molar-refractivity contribution in [2.45, 2.75) is 52.4 Å². The highest BCUT2D eigenvalue weighted by Crippen LogP contribution is 2.27.